The number of nitrogens with zero attached hydrogens (tertiary/aromatic N) is 1. The molecule has 2 atom stereocenters. The van der Waals surface area contributed by atoms with E-state index in [1.165, 1.54) is 0 Å². The smallest absolute Gasteiger partial charge is 0.123 e. The zero-order valence-corrected chi connectivity index (χ0v) is 14.2. The van der Waals surface area contributed by atoms with E-state index in [1.807, 2.05) is 18.2 Å². The molecule has 1 fully saturated rings. The van der Waals surface area contributed by atoms with Gasteiger partial charge in [0.05, 0.1) is 33.5 Å². The van der Waals surface area contributed by atoms with Crippen LogP contribution < -0.4 is 14.8 Å². The second kappa shape index (κ2) is 9.08. The number of hydrogen-bond donors (Lipinski definition) is 2. The van der Waals surface area contributed by atoms with Gasteiger partial charge in [0.1, 0.15) is 11.5 Å². The molecule has 1 aromatic carbocycles. The lowest BCUT2D eigenvalue weighted by Gasteiger charge is -2.29. The number of aliphatic hydroxyl groups excluding tert-OH is 1. The van der Waals surface area contributed by atoms with E-state index in [4.69, 9.17) is 14.2 Å². The van der Waals surface area contributed by atoms with E-state index in [0.29, 0.717) is 13.1 Å². The van der Waals surface area contributed by atoms with Gasteiger partial charge < -0.3 is 24.6 Å². The Morgan fingerprint density at radius 2 is 2.00 bits per heavy atom. The third-order valence-electron chi connectivity index (χ3n) is 4.14. The minimum absolute atomic E-state index is 0.0550. The molecule has 0 saturated carbocycles. The number of aliphatic hydroxyl groups is 1. The van der Waals surface area contributed by atoms with E-state index in [0.717, 1.165) is 43.4 Å². The number of methoxy groups -OCH3 is 2. The Bertz CT molecular complexity index is 478. The molecule has 1 aliphatic rings. The molecule has 0 spiro atoms. The summed E-state index contributed by atoms with van der Waals surface area (Å²) in [6.45, 7) is 6.51. The van der Waals surface area contributed by atoms with E-state index >= 15 is 0 Å². The maximum atomic E-state index is 10.2. The monoisotopic (exact) mass is 324 g/mol. The van der Waals surface area contributed by atoms with Crippen molar-refractivity contribution in [2.75, 3.05) is 53.6 Å². The fourth-order valence-electron chi connectivity index (χ4n) is 2.75. The van der Waals surface area contributed by atoms with Crippen LogP contribution in [0.25, 0.3) is 0 Å². The first-order chi connectivity index (χ1) is 11.1. The molecule has 2 N–H and O–H groups in total. The number of rotatable bonds is 8. The molecule has 0 aliphatic carbocycles. The van der Waals surface area contributed by atoms with E-state index in [2.05, 4.69) is 17.1 Å². The molecule has 1 aromatic rings. The van der Waals surface area contributed by atoms with Crippen LogP contribution in [0.2, 0.25) is 0 Å². The van der Waals surface area contributed by atoms with Gasteiger partial charge in [-0.2, -0.15) is 0 Å². The van der Waals surface area contributed by atoms with Crippen LogP contribution in [0.15, 0.2) is 18.2 Å². The summed E-state index contributed by atoms with van der Waals surface area (Å²) in [6.07, 6.45) is -0.410. The summed E-state index contributed by atoms with van der Waals surface area (Å²) in [5, 5.41) is 13.6. The zero-order chi connectivity index (χ0) is 16.7. The summed E-state index contributed by atoms with van der Waals surface area (Å²) in [5.41, 5.74) is 1.02. The maximum absolute atomic E-state index is 10.2. The van der Waals surface area contributed by atoms with E-state index in [1.54, 1.807) is 14.2 Å². The Hall–Kier alpha value is -1.34. The second-order valence-electron chi connectivity index (χ2n) is 5.80. The van der Waals surface area contributed by atoms with Gasteiger partial charge in [0.2, 0.25) is 0 Å². The van der Waals surface area contributed by atoms with Gasteiger partial charge in [0.25, 0.3) is 0 Å². The fourth-order valence-corrected chi connectivity index (χ4v) is 2.75. The van der Waals surface area contributed by atoms with Crippen molar-refractivity contribution >= 4 is 0 Å². The SMILES string of the molecule is COc1ccc(OC)c([C@H](C)NC[C@H](O)CN2CCOCC2)c1. The van der Waals surface area contributed by atoms with Crippen molar-refractivity contribution in [2.45, 2.75) is 19.1 Å². The van der Waals surface area contributed by atoms with Gasteiger partial charge in [-0.1, -0.05) is 0 Å². The summed E-state index contributed by atoms with van der Waals surface area (Å²) in [6, 6.07) is 5.79. The van der Waals surface area contributed by atoms with E-state index in [9.17, 15) is 5.11 Å². The second-order valence-corrected chi connectivity index (χ2v) is 5.80. The number of β-amino-alcohol motifs (C(OH)–C–C–N with tert-alkyl or cyclic N) is 1. The summed E-state index contributed by atoms with van der Waals surface area (Å²) in [7, 11) is 3.31. The summed E-state index contributed by atoms with van der Waals surface area (Å²) < 4.78 is 16.0. The number of hydrogen-bond acceptors (Lipinski definition) is 6. The predicted molar refractivity (Wildman–Crippen MR) is 89.2 cm³/mol. The average Bonchev–Trinajstić information content (AvgIpc) is 2.60. The highest BCUT2D eigenvalue weighted by molar-refractivity contribution is 5.42. The van der Waals surface area contributed by atoms with Gasteiger partial charge >= 0.3 is 0 Å². The van der Waals surface area contributed by atoms with Gasteiger partial charge in [0.15, 0.2) is 0 Å². The molecule has 6 nitrogen and oxygen atoms in total. The molecule has 2 rings (SSSR count). The molecule has 1 aliphatic heterocycles. The van der Waals surface area contributed by atoms with E-state index in [-0.39, 0.29) is 6.04 Å². The average molecular weight is 324 g/mol. The molecule has 0 amide bonds. The molecule has 1 heterocycles. The van der Waals surface area contributed by atoms with Crippen molar-refractivity contribution < 1.29 is 19.3 Å². The topological polar surface area (TPSA) is 63.2 Å². The van der Waals surface area contributed by atoms with Crippen molar-refractivity contribution in [3.8, 4) is 11.5 Å². The first kappa shape index (κ1) is 18.0. The Morgan fingerprint density at radius 1 is 1.26 bits per heavy atom. The third kappa shape index (κ3) is 5.35. The van der Waals surface area contributed by atoms with Crippen molar-refractivity contribution in [3.05, 3.63) is 23.8 Å². The Kier molecular flexibility index (Phi) is 7.11. The Balaban J connectivity index is 1.87. The number of morpholine rings is 1. The molecule has 130 valence electrons. The predicted octanol–water partition coefficient (Wildman–Crippen LogP) is 1.05. The largest absolute Gasteiger partial charge is 0.497 e. The van der Waals surface area contributed by atoms with Crippen LogP contribution in [-0.4, -0.2) is 69.7 Å². The van der Waals surface area contributed by atoms with Crippen molar-refractivity contribution in [3.63, 3.8) is 0 Å². The molecular formula is C17H28N2O4. The first-order valence-corrected chi connectivity index (χ1v) is 8.07. The van der Waals surface area contributed by atoms with Gasteiger partial charge in [-0.25, -0.2) is 0 Å². The number of ether oxygens (including phenoxy) is 3. The molecule has 0 unspecified atom stereocenters. The minimum atomic E-state index is -0.410. The quantitative estimate of drug-likeness (QED) is 0.745. The lowest BCUT2D eigenvalue weighted by atomic mass is 10.1. The highest BCUT2D eigenvalue weighted by Gasteiger charge is 2.17. The fraction of sp³-hybridized carbons (Fsp3) is 0.647. The minimum Gasteiger partial charge on any atom is -0.497 e. The summed E-state index contributed by atoms with van der Waals surface area (Å²) in [4.78, 5) is 2.23. The standard InChI is InChI=1S/C17H28N2O4/c1-13(16-10-15(21-2)4-5-17(16)22-3)18-11-14(20)12-19-6-8-23-9-7-19/h4-5,10,13-14,18,20H,6-9,11-12H2,1-3H3/t13-,14-/m0/s1. The van der Waals surface area contributed by atoms with Crippen LogP contribution in [0.1, 0.15) is 18.5 Å². The summed E-state index contributed by atoms with van der Waals surface area (Å²) >= 11 is 0. The van der Waals surface area contributed by atoms with Crippen LogP contribution in [0.3, 0.4) is 0 Å². The molecule has 0 bridgehead atoms. The highest BCUT2D eigenvalue weighted by Crippen LogP contribution is 2.29. The van der Waals surface area contributed by atoms with Crippen LogP contribution in [0.4, 0.5) is 0 Å². The Morgan fingerprint density at radius 3 is 2.65 bits per heavy atom. The van der Waals surface area contributed by atoms with Crippen molar-refractivity contribution in [2.24, 2.45) is 0 Å². The number of benzene rings is 1. The normalized spacial score (nSPS) is 18.4. The van der Waals surface area contributed by atoms with Gasteiger partial charge in [-0.15, -0.1) is 0 Å². The number of nitrogens with one attached hydrogen (secondary N) is 1. The van der Waals surface area contributed by atoms with Crippen molar-refractivity contribution in [1.82, 2.24) is 10.2 Å². The van der Waals surface area contributed by atoms with Crippen molar-refractivity contribution in [1.29, 1.82) is 0 Å². The Labute approximate surface area is 138 Å². The molecule has 1 saturated heterocycles. The van der Waals surface area contributed by atoms with Crippen LogP contribution >= 0.6 is 0 Å². The molecule has 6 heteroatoms. The molecule has 23 heavy (non-hydrogen) atoms. The maximum Gasteiger partial charge on any atom is 0.123 e. The van der Waals surface area contributed by atoms with Gasteiger partial charge in [-0.3, -0.25) is 4.90 Å². The zero-order valence-electron chi connectivity index (χ0n) is 14.2. The highest BCUT2D eigenvalue weighted by atomic mass is 16.5. The van der Waals surface area contributed by atoms with Gasteiger partial charge in [-0.05, 0) is 25.1 Å². The van der Waals surface area contributed by atoms with E-state index < -0.39 is 6.10 Å². The first-order valence-electron chi connectivity index (χ1n) is 8.07. The summed E-state index contributed by atoms with van der Waals surface area (Å²) in [5.74, 6) is 1.61. The lowest BCUT2D eigenvalue weighted by Crippen LogP contribution is -2.44. The van der Waals surface area contributed by atoms with Crippen LogP contribution in [0, 0.1) is 0 Å². The molecule has 0 aromatic heterocycles. The lowest BCUT2D eigenvalue weighted by molar-refractivity contribution is 0.0145. The van der Waals surface area contributed by atoms with Crippen LogP contribution in [-0.2, 0) is 4.74 Å². The molecule has 0 radical (unpaired) electrons. The molecular weight excluding hydrogens is 296 g/mol. The van der Waals surface area contributed by atoms with Crippen LogP contribution in [0.5, 0.6) is 11.5 Å². The third-order valence-corrected chi connectivity index (χ3v) is 4.14. The van der Waals surface area contributed by atoms with Gasteiger partial charge in [0, 0.05) is 37.8 Å².